The van der Waals surface area contributed by atoms with E-state index in [1.54, 1.807) is 0 Å². The lowest BCUT2D eigenvalue weighted by atomic mass is 9.83. The van der Waals surface area contributed by atoms with Crippen LogP contribution in [0.15, 0.2) is 70.6 Å². The Morgan fingerprint density at radius 3 is 2.07 bits per heavy atom. The topological polar surface area (TPSA) is 198 Å². The maximum Gasteiger partial charge on any atom is 0.508 e. The Balaban J connectivity index is 1.40. The number of non-ortho nitro benzene ring substituents is 2. The van der Waals surface area contributed by atoms with Crippen molar-refractivity contribution in [3.8, 4) is 0 Å². The van der Waals surface area contributed by atoms with Crippen molar-refractivity contribution in [3.05, 3.63) is 102 Å². The Morgan fingerprint density at radius 2 is 1.55 bits per heavy atom. The Hall–Kier alpha value is -5.25. The number of fused-ring (bicyclic) bond motifs is 1. The number of likely N-dealkylation sites (N-methyl/N-ethyl adjacent to an activating group) is 1. The maximum absolute atomic E-state index is 13.2. The summed E-state index contributed by atoms with van der Waals surface area (Å²) in [5, 5.41) is 25.6. The molecule has 0 saturated carbocycles. The summed E-state index contributed by atoms with van der Waals surface area (Å²) in [5.74, 6) is -2.44. The quantitative estimate of drug-likeness (QED) is 0.118. The molecule has 1 fully saturated rings. The number of β-lactam (4-membered cyclic amide) rings is 1. The van der Waals surface area contributed by atoms with Crippen LogP contribution in [0.5, 0.6) is 0 Å². The van der Waals surface area contributed by atoms with Gasteiger partial charge in [0, 0.05) is 48.7 Å². The minimum Gasteiger partial charge on any atom is -0.456 e. The zero-order valence-corrected chi connectivity index (χ0v) is 24.2. The molecule has 3 atom stereocenters. The van der Waals surface area contributed by atoms with Crippen molar-refractivity contribution in [1.29, 1.82) is 0 Å². The van der Waals surface area contributed by atoms with Gasteiger partial charge in [0.1, 0.15) is 25.0 Å². The van der Waals surface area contributed by atoms with Crippen LogP contribution < -0.4 is 5.32 Å². The van der Waals surface area contributed by atoms with Gasteiger partial charge in [0.05, 0.1) is 21.8 Å². The van der Waals surface area contributed by atoms with Crippen molar-refractivity contribution >= 4 is 47.1 Å². The van der Waals surface area contributed by atoms with Crippen LogP contribution in [0.25, 0.3) is 0 Å². The summed E-state index contributed by atoms with van der Waals surface area (Å²) < 4.78 is 15.9. The number of carbonyl (C=O) groups is 4. The largest absolute Gasteiger partial charge is 0.508 e. The van der Waals surface area contributed by atoms with Gasteiger partial charge in [-0.3, -0.25) is 29.8 Å². The van der Waals surface area contributed by atoms with Gasteiger partial charge in [0.2, 0.25) is 11.8 Å². The molecular weight excluding hydrogens is 600 g/mol. The molecule has 0 spiro atoms. The molecule has 2 aromatic carbocycles. The van der Waals surface area contributed by atoms with Gasteiger partial charge in [-0.15, -0.1) is 0 Å². The number of hydrogen-bond donors (Lipinski definition) is 1. The van der Waals surface area contributed by atoms with E-state index in [1.165, 1.54) is 78.9 Å². The average Bonchev–Trinajstić information content (AvgIpc) is 3.33. The average molecular weight is 627 g/mol. The summed E-state index contributed by atoms with van der Waals surface area (Å²) >= 11 is 1.07. The van der Waals surface area contributed by atoms with E-state index in [4.69, 9.17) is 14.2 Å². The molecule has 2 amide bonds. The summed E-state index contributed by atoms with van der Waals surface area (Å²) in [5.41, 5.74) is 0.758. The van der Waals surface area contributed by atoms with E-state index in [9.17, 15) is 39.4 Å². The Bertz CT molecular complexity index is 1540. The van der Waals surface area contributed by atoms with E-state index in [2.05, 4.69) is 5.32 Å². The van der Waals surface area contributed by atoms with Gasteiger partial charge < -0.3 is 24.4 Å². The molecule has 1 N–H and O–H groups in total. The number of benzene rings is 2. The first-order valence-corrected chi connectivity index (χ1v) is 14.0. The molecule has 4 rings (SSSR count). The monoisotopic (exact) mass is 626 g/mol. The number of thioether (sulfide) groups is 1. The number of carbonyl (C=O) groups excluding carboxylic acids is 4. The second-order valence-electron chi connectivity index (χ2n) is 9.60. The van der Waals surface area contributed by atoms with E-state index in [0.29, 0.717) is 16.0 Å². The number of rotatable bonds is 12. The molecule has 2 aliphatic rings. The highest BCUT2D eigenvalue weighted by atomic mass is 32.2. The maximum atomic E-state index is 13.2. The fourth-order valence-electron chi connectivity index (χ4n) is 4.62. The molecule has 0 bridgehead atoms. The number of ether oxygens (including phenoxy) is 3. The van der Waals surface area contributed by atoms with Gasteiger partial charge in [-0.05, 0) is 47.7 Å². The fraction of sp³-hybridized carbons (Fsp3) is 0.286. The van der Waals surface area contributed by atoms with E-state index >= 15 is 0 Å². The predicted molar refractivity (Wildman–Crippen MR) is 153 cm³/mol. The molecule has 0 radical (unpaired) electrons. The fourth-order valence-corrected chi connectivity index (χ4v) is 5.54. The third-order valence-electron chi connectivity index (χ3n) is 6.85. The summed E-state index contributed by atoms with van der Waals surface area (Å²) in [6.45, 7) is 1.11. The zero-order chi connectivity index (χ0) is 32.0. The molecule has 15 nitrogen and oxygen atoms in total. The van der Waals surface area contributed by atoms with Crippen LogP contribution in [0.2, 0.25) is 0 Å². The SMILES string of the molecule is CNC(=O)/C=C/SC1=C(C(=O)OCc2ccc([N+](=O)[O-])cc2)N2C(=O)C(C(C)OC(=O)OCc3ccc([N+](=O)[O-])cc3)C2C1. The summed E-state index contributed by atoms with van der Waals surface area (Å²) in [6.07, 6.45) is -0.471. The molecule has 0 aromatic heterocycles. The molecule has 0 aliphatic carbocycles. The number of nitrogens with zero attached hydrogens (tertiary/aromatic N) is 3. The molecule has 230 valence electrons. The lowest BCUT2D eigenvalue weighted by Gasteiger charge is -2.45. The normalized spacial score (nSPS) is 17.9. The van der Waals surface area contributed by atoms with Gasteiger partial charge in [0.15, 0.2) is 0 Å². The minimum absolute atomic E-state index is 0.00216. The van der Waals surface area contributed by atoms with Crippen molar-refractivity contribution in [3.63, 3.8) is 0 Å². The summed E-state index contributed by atoms with van der Waals surface area (Å²) in [7, 11) is 1.46. The number of nitro benzene ring substituents is 2. The molecular formula is C28H26N4O11S. The molecule has 44 heavy (non-hydrogen) atoms. The van der Waals surface area contributed by atoms with Crippen LogP contribution in [0.4, 0.5) is 16.2 Å². The van der Waals surface area contributed by atoms with Crippen LogP contribution in [0.1, 0.15) is 24.5 Å². The Kier molecular flexibility index (Phi) is 9.95. The minimum atomic E-state index is -1.04. The molecule has 2 aliphatic heterocycles. The number of nitrogens with one attached hydrogen (secondary N) is 1. The third kappa shape index (κ3) is 7.20. The highest BCUT2D eigenvalue weighted by molar-refractivity contribution is 8.05. The van der Waals surface area contributed by atoms with Gasteiger partial charge in [0.25, 0.3) is 11.4 Å². The van der Waals surface area contributed by atoms with E-state index in [1.807, 2.05) is 0 Å². The smallest absolute Gasteiger partial charge is 0.456 e. The van der Waals surface area contributed by atoms with Crippen molar-refractivity contribution in [2.24, 2.45) is 5.92 Å². The summed E-state index contributed by atoms with van der Waals surface area (Å²) in [4.78, 5) is 72.7. The first kappa shape index (κ1) is 31.7. The Labute approximate surface area is 254 Å². The highest BCUT2D eigenvalue weighted by Crippen LogP contribution is 2.48. The van der Waals surface area contributed by atoms with E-state index in [0.717, 1.165) is 11.8 Å². The van der Waals surface area contributed by atoms with Gasteiger partial charge in [-0.1, -0.05) is 11.8 Å². The standard InChI is InChI=1S/C28H26N4O11S/c1-16(43-28(36)42-15-18-5-9-20(10-6-18)32(39)40)24-21-13-22(44-12-11-23(33)29-2)25(30(21)26(24)34)27(35)41-14-17-3-7-19(8-4-17)31(37)38/h3-12,16,21,24H,13-15H2,1-2H3,(H,29,33)/b12-11+. The van der Waals surface area contributed by atoms with Crippen LogP contribution in [0.3, 0.4) is 0 Å². The Morgan fingerprint density at radius 1 is 1.00 bits per heavy atom. The summed E-state index contributed by atoms with van der Waals surface area (Å²) in [6, 6.07) is 10.3. The predicted octanol–water partition coefficient (Wildman–Crippen LogP) is 3.72. The van der Waals surface area contributed by atoms with Crippen LogP contribution >= 0.6 is 11.8 Å². The first-order chi connectivity index (χ1) is 21.0. The van der Waals surface area contributed by atoms with Gasteiger partial charge >= 0.3 is 12.1 Å². The van der Waals surface area contributed by atoms with E-state index in [-0.39, 0.29) is 42.6 Å². The molecule has 3 unspecified atom stereocenters. The first-order valence-electron chi connectivity index (χ1n) is 13.1. The third-order valence-corrected chi connectivity index (χ3v) is 7.76. The molecule has 16 heteroatoms. The molecule has 2 aromatic rings. The molecule has 2 heterocycles. The second-order valence-corrected chi connectivity index (χ2v) is 10.6. The lowest BCUT2D eigenvalue weighted by molar-refractivity contribution is -0.385. The zero-order valence-electron chi connectivity index (χ0n) is 23.4. The van der Waals surface area contributed by atoms with Gasteiger partial charge in [-0.2, -0.15) is 0 Å². The van der Waals surface area contributed by atoms with E-state index < -0.39 is 45.9 Å². The lowest BCUT2D eigenvalue weighted by Crippen LogP contribution is -2.62. The highest BCUT2D eigenvalue weighted by Gasteiger charge is 2.58. The van der Waals surface area contributed by atoms with Crippen molar-refractivity contribution < 1.29 is 43.2 Å². The van der Waals surface area contributed by atoms with Gasteiger partial charge in [-0.25, -0.2) is 9.59 Å². The number of hydrogen-bond acceptors (Lipinski definition) is 12. The van der Waals surface area contributed by atoms with Crippen LogP contribution in [-0.4, -0.2) is 57.9 Å². The van der Waals surface area contributed by atoms with Crippen molar-refractivity contribution in [2.75, 3.05) is 7.05 Å². The number of nitro groups is 2. The number of amides is 2. The van der Waals surface area contributed by atoms with Crippen molar-refractivity contribution in [1.82, 2.24) is 10.2 Å². The van der Waals surface area contributed by atoms with Crippen LogP contribution in [0, 0.1) is 26.1 Å². The molecule has 1 saturated heterocycles. The second kappa shape index (κ2) is 13.8. The number of esters is 1. The van der Waals surface area contributed by atoms with Crippen molar-refractivity contribution in [2.45, 2.75) is 38.7 Å². The van der Waals surface area contributed by atoms with Crippen LogP contribution in [-0.2, 0) is 41.8 Å².